The van der Waals surface area contributed by atoms with Crippen LogP contribution in [0.4, 0.5) is 0 Å². The Morgan fingerprint density at radius 2 is 2.35 bits per heavy atom. The molecule has 1 unspecified atom stereocenters. The first kappa shape index (κ1) is 12.3. The van der Waals surface area contributed by atoms with Crippen molar-refractivity contribution in [3.63, 3.8) is 0 Å². The summed E-state index contributed by atoms with van der Waals surface area (Å²) in [4.78, 5) is 11.9. The lowest BCUT2D eigenvalue weighted by Crippen LogP contribution is -2.30. The second kappa shape index (κ2) is 5.47. The van der Waals surface area contributed by atoms with E-state index in [4.69, 9.17) is 10.5 Å². The number of fused-ring (bicyclic) bond motifs is 1. The molecule has 4 heteroatoms. The molecule has 0 aliphatic heterocycles. The van der Waals surface area contributed by atoms with Gasteiger partial charge in [-0.3, -0.25) is 4.79 Å². The third-order valence-electron chi connectivity index (χ3n) is 3.32. The van der Waals surface area contributed by atoms with Crippen LogP contribution in [-0.4, -0.2) is 17.8 Å². The molecule has 0 bridgehead atoms. The Morgan fingerprint density at radius 1 is 1.53 bits per heavy atom. The van der Waals surface area contributed by atoms with Gasteiger partial charge in [0, 0.05) is 31.0 Å². The maximum Gasteiger partial charge on any atom is 0.250 e. The van der Waals surface area contributed by atoms with Gasteiger partial charge in [0.15, 0.2) is 0 Å². The first-order valence-corrected chi connectivity index (χ1v) is 6.30. The van der Waals surface area contributed by atoms with Gasteiger partial charge in [0.05, 0.1) is 6.61 Å². The second-order valence-corrected chi connectivity index (χ2v) is 4.42. The molecule has 0 saturated heterocycles. The van der Waals surface area contributed by atoms with Gasteiger partial charge in [0.1, 0.15) is 0 Å². The Labute approximate surface area is 101 Å². The van der Waals surface area contributed by atoms with Crippen molar-refractivity contribution in [1.82, 2.24) is 4.57 Å². The second-order valence-electron chi connectivity index (χ2n) is 4.42. The van der Waals surface area contributed by atoms with Crippen molar-refractivity contribution in [2.24, 2.45) is 5.73 Å². The Kier molecular flexibility index (Phi) is 3.97. The molecule has 1 aliphatic rings. The maximum absolute atomic E-state index is 11.9. The van der Waals surface area contributed by atoms with Gasteiger partial charge in [0.2, 0.25) is 0 Å². The van der Waals surface area contributed by atoms with Crippen molar-refractivity contribution < 1.29 is 4.74 Å². The van der Waals surface area contributed by atoms with E-state index in [1.54, 1.807) is 6.07 Å². The number of aromatic nitrogens is 1. The lowest BCUT2D eigenvalue weighted by Gasteiger charge is -2.25. The van der Waals surface area contributed by atoms with E-state index in [0.29, 0.717) is 19.8 Å². The van der Waals surface area contributed by atoms with Gasteiger partial charge in [-0.1, -0.05) is 6.07 Å². The molecular formula is C13H20N2O2. The van der Waals surface area contributed by atoms with Crippen LogP contribution in [0.15, 0.2) is 16.9 Å². The molecule has 94 valence electrons. The van der Waals surface area contributed by atoms with Crippen molar-refractivity contribution in [2.45, 2.75) is 38.8 Å². The van der Waals surface area contributed by atoms with Crippen molar-refractivity contribution in [3.8, 4) is 0 Å². The lowest BCUT2D eigenvalue weighted by molar-refractivity contribution is 0.137. The van der Waals surface area contributed by atoms with Crippen LogP contribution in [0.1, 0.15) is 37.1 Å². The van der Waals surface area contributed by atoms with Crippen molar-refractivity contribution in [3.05, 3.63) is 33.7 Å². The molecule has 0 radical (unpaired) electrons. The molecule has 1 atom stereocenters. The summed E-state index contributed by atoms with van der Waals surface area (Å²) in [5, 5.41) is 0. The molecule has 1 aromatic heterocycles. The summed E-state index contributed by atoms with van der Waals surface area (Å²) in [7, 11) is 0. The predicted octanol–water partition coefficient (Wildman–Crippen LogP) is 1.22. The van der Waals surface area contributed by atoms with Crippen LogP contribution < -0.4 is 11.3 Å². The minimum Gasteiger partial charge on any atom is -0.380 e. The van der Waals surface area contributed by atoms with Gasteiger partial charge in [0.25, 0.3) is 5.56 Å². The Bertz CT molecular complexity index is 440. The van der Waals surface area contributed by atoms with Crippen LogP contribution in [0, 0.1) is 0 Å². The molecule has 4 nitrogen and oxygen atoms in total. The van der Waals surface area contributed by atoms with Gasteiger partial charge in [-0.25, -0.2) is 0 Å². The van der Waals surface area contributed by atoms with E-state index in [-0.39, 0.29) is 11.6 Å². The highest BCUT2D eigenvalue weighted by Crippen LogP contribution is 2.26. The third-order valence-corrected chi connectivity index (χ3v) is 3.32. The molecule has 0 spiro atoms. The molecule has 17 heavy (non-hydrogen) atoms. The van der Waals surface area contributed by atoms with Crippen LogP contribution in [0.2, 0.25) is 0 Å². The van der Waals surface area contributed by atoms with Crippen LogP contribution in [0.25, 0.3) is 0 Å². The summed E-state index contributed by atoms with van der Waals surface area (Å²) in [5.41, 5.74) is 8.37. The number of ether oxygens (including phenoxy) is 1. The highest BCUT2D eigenvalue weighted by atomic mass is 16.5. The monoisotopic (exact) mass is 236 g/mol. The van der Waals surface area contributed by atoms with Crippen LogP contribution >= 0.6 is 0 Å². The van der Waals surface area contributed by atoms with Gasteiger partial charge in [-0.15, -0.1) is 0 Å². The number of hydrogen-bond donors (Lipinski definition) is 1. The topological polar surface area (TPSA) is 57.2 Å². The normalized spacial score (nSPS) is 19.1. The zero-order valence-electron chi connectivity index (χ0n) is 10.3. The summed E-state index contributed by atoms with van der Waals surface area (Å²) < 4.78 is 7.14. The van der Waals surface area contributed by atoms with E-state index in [1.165, 1.54) is 0 Å². The molecule has 0 amide bonds. The molecule has 0 aromatic carbocycles. The number of hydrogen-bond acceptors (Lipinski definition) is 3. The van der Waals surface area contributed by atoms with E-state index >= 15 is 0 Å². The quantitative estimate of drug-likeness (QED) is 0.800. The minimum atomic E-state index is 0.0533. The van der Waals surface area contributed by atoms with Gasteiger partial charge in [-0.05, 0) is 31.7 Å². The first-order chi connectivity index (χ1) is 8.24. The van der Waals surface area contributed by atoms with Crippen LogP contribution in [-0.2, 0) is 17.7 Å². The zero-order chi connectivity index (χ0) is 12.3. The van der Waals surface area contributed by atoms with E-state index in [9.17, 15) is 4.79 Å². The molecule has 2 N–H and O–H groups in total. The van der Waals surface area contributed by atoms with E-state index in [1.807, 2.05) is 17.6 Å². The summed E-state index contributed by atoms with van der Waals surface area (Å²) >= 11 is 0. The molecule has 1 aromatic rings. The minimum absolute atomic E-state index is 0.0533. The molecule has 2 rings (SSSR count). The zero-order valence-corrected chi connectivity index (χ0v) is 10.3. The summed E-state index contributed by atoms with van der Waals surface area (Å²) in [5.74, 6) is 0. The highest BCUT2D eigenvalue weighted by molar-refractivity contribution is 5.27. The van der Waals surface area contributed by atoms with Gasteiger partial charge >= 0.3 is 0 Å². The fourth-order valence-electron chi connectivity index (χ4n) is 2.44. The summed E-state index contributed by atoms with van der Waals surface area (Å²) in [6.07, 6.45) is 3.02. The van der Waals surface area contributed by atoms with Crippen LogP contribution in [0.5, 0.6) is 0 Å². The average Bonchev–Trinajstić information content (AvgIpc) is 2.32. The average molecular weight is 236 g/mol. The number of pyridine rings is 1. The Hall–Kier alpha value is -1.13. The largest absolute Gasteiger partial charge is 0.380 e. The predicted molar refractivity (Wildman–Crippen MR) is 67.1 cm³/mol. The van der Waals surface area contributed by atoms with E-state index in [0.717, 1.165) is 30.5 Å². The maximum atomic E-state index is 11.9. The standard InChI is InChI=1S/C13H20N2O2/c1-2-17-9-8-15-12-5-3-4-11(14)10(12)6-7-13(15)16/h6-7,11H,2-5,8-9,14H2,1H3. The Morgan fingerprint density at radius 3 is 3.12 bits per heavy atom. The third kappa shape index (κ3) is 2.58. The molecular weight excluding hydrogens is 216 g/mol. The number of rotatable bonds is 4. The van der Waals surface area contributed by atoms with Gasteiger partial charge < -0.3 is 15.0 Å². The van der Waals surface area contributed by atoms with Crippen molar-refractivity contribution in [2.75, 3.05) is 13.2 Å². The van der Waals surface area contributed by atoms with Crippen LogP contribution in [0.3, 0.4) is 0 Å². The molecule has 1 heterocycles. The lowest BCUT2D eigenvalue weighted by atomic mass is 9.91. The molecule has 0 saturated carbocycles. The van der Waals surface area contributed by atoms with E-state index in [2.05, 4.69) is 0 Å². The summed E-state index contributed by atoms with van der Waals surface area (Å²) in [6.45, 7) is 3.85. The molecule has 0 fully saturated rings. The highest BCUT2D eigenvalue weighted by Gasteiger charge is 2.19. The smallest absolute Gasteiger partial charge is 0.250 e. The van der Waals surface area contributed by atoms with Crippen molar-refractivity contribution >= 4 is 0 Å². The van der Waals surface area contributed by atoms with Crippen molar-refractivity contribution in [1.29, 1.82) is 0 Å². The van der Waals surface area contributed by atoms with E-state index < -0.39 is 0 Å². The first-order valence-electron chi connectivity index (χ1n) is 6.30. The molecule has 1 aliphatic carbocycles. The fourth-order valence-corrected chi connectivity index (χ4v) is 2.44. The fraction of sp³-hybridized carbons (Fsp3) is 0.615. The number of nitrogens with two attached hydrogens (primary N) is 1. The van der Waals surface area contributed by atoms with Gasteiger partial charge in [-0.2, -0.15) is 0 Å². The number of nitrogens with zero attached hydrogens (tertiary/aromatic N) is 1. The Balaban J connectivity index is 2.29. The SMILES string of the molecule is CCOCCn1c2c(ccc1=O)C(N)CCC2. The summed E-state index contributed by atoms with van der Waals surface area (Å²) in [6, 6.07) is 3.59.